The number of carbonyl (C=O) groups is 2. The first-order valence-electron chi connectivity index (χ1n) is 9.10. The van der Waals surface area contributed by atoms with Gasteiger partial charge in [-0.05, 0) is 49.4 Å². The molecule has 1 aliphatic heterocycles. The van der Waals surface area contributed by atoms with Gasteiger partial charge in [0.1, 0.15) is 11.6 Å². The van der Waals surface area contributed by atoms with E-state index in [2.05, 4.69) is 15.6 Å². The third-order valence-corrected chi connectivity index (χ3v) is 4.44. The topological polar surface area (TPSA) is 93.5 Å². The molecule has 0 saturated heterocycles. The highest BCUT2D eigenvalue weighted by molar-refractivity contribution is 5.99. The lowest BCUT2D eigenvalue weighted by atomic mass is 10.2. The fraction of sp³-hybridized carbons (Fsp3) is 0.190. The highest BCUT2D eigenvalue weighted by Crippen LogP contribution is 2.32. The number of hydrogen-bond donors (Lipinski definition) is 2. The third-order valence-electron chi connectivity index (χ3n) is 4.44. The summed E-state index contributed by atoms with van der Waals surface area (Å²) in [5.41, 5.74) is 1.77. The molecular weight excluding hydrogens is 377 g/mol. The zero-order chi connectivity index (χ0) is 20.4. The summed E-state index contributed by atoms with van der Waals surface area (Å²) in [5.74, 6) is 0.709. The Hall–Kier alpha value is -3.68. The smallest absolute Gasteiger partial charge is 0.265 e. The lowest BCUT2D eigenvalue weighted by molar-refractivity contribution is -0.122. The molecule has 0 radical (unpaired) electrons. The highest BCUT2D eigenvalue weighted by Gasteiger charge is 2.23. The Morgan fingerprint density at radius 2 is 2.03 bits per heavy atom. The minimum absolute atomic E-state index is 0.167. The van der Waals surface area contributed by atoms with Crippen molar-refractivity contribution in [3.05, 3.63) is 60.4 Å². The van der Waals surface area contributed by atoms with E-state index in [0.29, 0.717) is 40.8 Å². The molecule has 1 atom stereocenters. The lowest BCUT2D eigenvalue weighted by Crippen LogP contribution is -2.34. The van der Waals surface area contributed by atoms with E-state index in [1.165, 1.54) is 12.1 Å². The average Bonchev–Trinajstić information content (AvgIpc) is 3.17. The molecule has 2 amide bonds. The first-order chi connectivity index (χ1) is 14.0. The molecule has 29 heavy (non-hydrogen) atoms. The first kappa shape index (κ1) is 18.7. The van der Waals surface area contributed by atoms with Crippen molar-refractivity contribution in [2.75, 3.05) is 10.6 Å². The number of ether oxygens (including phenoxy) is 1. The zero-order valence-corrected chi connectivity index (χ0v) is 15.6. The molecule has 0 spiro atoms. The average molecular weight is 395 g/mol. The van der Waals surface area contributed by atoms with Crippen LogP contribution in [0.1, 0.15) is 19.2 Å². The maximum Gasteiger partial charge on any atom is 0.265 e. The highest BCUT2D eigenvalue weighted by atomic mass is 19.1. The summed E-state index contributed by atoms with van der Waals surface area (Å²) in [6, 6.07) is 10.9. The van der Waals surface area contributed by atoms with Crippen molar-refractivity contribution in [3.8, 4) is 17.1 Å². The number of aromatic nitrogens is 1. The van der Waals surface area contributed by atoms with Crippen LogP contribution in [0.25, 0.3) is 11.3 Å². The van der Waals surface area contributed by atoms with Gasteiger partial charge < -0.3 is 19.8 Å². The number of rotatable bonds is 5. The van der Waals surface area contributed by atoms with Crippen LogP contribution in [0.4, 0.5) is 15.8 Å². The maximum absolute atomic E-state index is 13.0. The molecule has 0 fully saturated rings. The zero-order valence-electron chi connectivity index (χ0n) is 15.6. The number of aryl methyl sites for hydroxylation is 1. The van der Waals surface area contributed by atoms with Crippen molar-refractivity contribution in [2.45, 2.75) is 25.9 Å². The summed E-state index contributed by atoms with van der Waals surface area (Å²) in [6.07, 6.45) is 1.48. The number of nitrogens with one attached hydrogen (secondary N) is 2. The Kier molecular flexibility index (Phi) is 4.99. The predicted molar refractivity (Wildman–Crippen MR) is 104 cm³/mol. The number of hydrogen-bond acceptors (Lipinski definition) is 5. The van der Waals surface area contributed by atoms with Crippen molar-refractivity contribution in [1.82, 2.24) is 4.98 Å². The number of halogens is 1. The molecule has 2 N–H and O–H groups in total. The van der Waals surface area contributed by atoms with Crippen molar-refractivity contribution >= 4 is 23.2 Å². The number of benzene rings is 2. The summed E-state index contributed by atoms with van der Waals surface area (Å²) in [5, 5.41) is 5.52. The summed E-state index contributed by atoms with van der Waals surface area (Å²) >= 11 is 0. The van der Waals surface area contributed by atoms with Crippen LogP contribution in [0, 0.1) is 5.82 Å². The minimum atomic E-state index is -0.552. The third kappa shape index (κ3) is 4.26. The molecule has 7 nitrogen and oxygen atoms in total. The SMILES string of the molecule is CC1Oc2ccc(NC(=O)CCc3ncc(-c4ccc(F)cc4)o3)cc2NC1=O. The first-order valence-corrected chi connectivity index (χ1v) is 9.10. The Morgan fingerprint density at radius 1 is 1.24 bits per heavy atom. The van der Waals surface area contributed by atoms with Crippen molar-refractivity contribution in [3.63, 3.8) is 0 Å². The molecule has 2 aromatic carbocycles. The molecule has 1 aliphatic rings. The number of fused-ring (bicyclic) bond motifs is 1. The summed E-state index contributed by atoms with van der Waals surface area (Å²) < 4.78 is 24.1. The summed E-state index contributed by atoms with van der Waals surface area (Å²) in [7, 11) is 0. The van der Waals surface area contributed by atoms with E-state index in [4.69, 9.17) is 9.15 Å². The van der Waals surface area contributed by atoms with Crippen LogP contribution in [0.3, 0.4) is 0 Å². The quantitative estimate of drug-likeness (QED) is 0.686. The van der Waals surface area contributed by atoms with Gasteiger partial charge in [-0.15, -0.1) is 0 Å². The fourth-order valence-electron chi connectivity index (χ4n) is 2.90. The summed E-state index contributed by atoms with van der Waals surface area (Å²) in [6.45, 7) is 1.66. The molecular formula is C21H18FN3O4. The number of anilines is 2. The van der Waals surface area contributed by atoms with Crippen LogP contribution in [-0.2, 0) is 16.0 Å². The molecule has 8 heteroatoms. The van der Waals surface area contributed by atoms with Gasteiger partial charge in [0.15, 0.2) is 17.8 Å². The van der Waals surface area contributed by atoms with Crippen LogP contribution < -0.4 is 15.4 Å². The van der Waals surface area contributed by atoms with E-state index in [0.717, 1.165) is 0 Å². The molecule has 0 aliphatic carbocycles. The largest absolute Gasteiger partial charge is 0.479 e. The molecule has 148 valence electrons. The Balaban J connectivity index is 1.34. The maximum atomic E-state index is 13.0. The predicted octanol–water partition coefficient (Wildman–Crippen LogP) is 3.77. The van der Waals surface area contributed by atoms with Gasteiger partial charge in [0.25, 0.3) is 5.91 Å². The lowest BCUT2D eigenvalue weighted by Gasteiger charge is -2.23. The fourth-order valence-corrected chi connectivity index (χ4v) is 2.90. The molecule has 4 rings (SSSR count). The Labute approximate surface area is 165 Å². The molecule has 1 aromatic heterocycles. The minimum Gasteiger partial charge on any atom is -0.479 e. The van der Waals surface area contributed by atoms with Crippen molar-refractivity contribution in [1.29, 1.82) is 0 Å². The van der Waals surface area contributed by atoms with Crippen LogP contribution >= 0.6 is 0 Å². The monoisotopic (exact) mass is 395 g/mol. The van der Waals surface area contributed by atoms with Gasteiger partial charge in [0, 0.05) is 24.1 Å². The number of oxazole rings is 1. The van der Waals surface area contributed by atoms with E-state index in [1.807, 2.05) is 0 Å². The van der Waals surface area contributed by atoms with Gasteiger partial charge in [-0.2, -0.15) is 0 Å². The van der Waals surface area contributed by atoms with E-state index in [9.17, 15) is 14.0 Å². The summed E-state index contributed by atoms with van der Waals surface area (Å²) in [4.78, 5) is 28.1. The molecule has 3 aromatic rings. The Bertz CT molecular complexity index is 1060. The molecule has 2 heterocycles. The standard InChI is InChI=1S/C21H18FN3O4/c1-12-21(27)25-16-10-15(6-7-17(16)28-12)24-19(26)8-9-20-23-11-18(29-20)13-2-4-14(22)5-3-13/h2-7,10-12H,8-9H2,1H3,(H,24,26)(H,25,27). The van der Waals surface area contributed by atoms with Crippen molar-refractivity contribution in [2.24, 2.45) is 0 Å². The van der Waals surface area contributed by atoms with E-state index in [-0.39, 0.29) is 24.1 Å². The van der Waals surface area contributed by atoms with Crippen molar-refractivity contribution < 1.29 is 23.1 Å². The molecule has 1 unspecified atom stereocenters. The van der Waals surface area contributed by atoms with Crippen LogP contribution in [0.15, 0.2) is 53.1 Å². The van der Waals surface area contributed by atoms with Gasteiger partial charge in [0.05, 0.1) is 11.9 Å². The second-order valence-electron chi connectivity index (χ2n) is 6.63. The van der Waals surface area contributed by atoms with Gasteiger partial charge in [-0.1, -0.05) is 0 Å². The second-order valence-corrected chi connectivity index (χ2v) is 6.63. The second kappa shape index (κ2) is 7.75. The normalized spacial score (nSPS) is 15.2. The van der Waals surface area contributed by atoms with Crippen LogP contribution in [0.2, 0.25) is 0 Å². The van der Waals surface area contributed by atoms with Gasteiger partial charge in [-0.3, -0.25) is 9.59 Å². The molecule has 0 saturated carbocycles. The van der Waals surface area contributed by atoms with Crippen LogP contribution in [-0.4, -0.2) is 22.9 Å². The van der Waals surface area contributed by atoms with E-state index < -0.39 is 6.10 Å². The van der Waals surface area contributed by atoms with Crippen LogP contribution in [0.5, 0.6) is 5.75 Å². The van der Waals surface area contributed by atoms with Gasteiger partial charge >= 0.3 is 0 Å². The number of nitrogens with zero attached hydrogens (tertiary/aromatic N) is 1. The Morgan fingerprint density at radius 3 is 2.83 bits per heavy atom. The van der Waals surface area contributed by atoms with E-state index >= 15 is 0 Å². The molecule has 0 bridgehead atoms. The van der Waals surface area contributed by atoms with Gasteiger partial charge in [-0.25, -0.2) is 9.37 Å². The van der Waals surface area contributed by atoms with E-state index in [1.54, 1.807) is 43.5 Å². The number of amides is 2. The number of carbonyl (C=O) groups excluding carboxylic acids is 2. The van der Waals surface area contributed by atoms with Gasteiger partial charge in [0.2, 0.25) is 5.91 Å².